The maximum absolute atomic E-state index is 5.60. The molecule has 2 atom stereocenters. The van der Waals surface area contributed by atoms with Crippen molar-refractivity contribution in [3.05, 3.63) is 22.6 Å². The zero-order valence-electron chi connectivity index (χ0n) is 8.80. The highest BCUT2D eigenvalue weighted by molar-refractivity contribution is 9.10. The monoisotopic (exact) mass is 257 g/mol. The molecule has 0 aromatic carbocycles. The molecule has 2 rings (SSSR count). The van der Waals surface area contributed by atoms with E-state index in [9.17, 15) is 0 Å². The fourth-order valence-corrected chi connectivity index (χ4v) is 2.73. The molecule has 1 N–H and O–H groups in total. The predicted molar refractivity (Wildman–Crippen MR) is 60.4 cm³/mol. The quantitative estimate of drug-likeness (QED) is 0.881. The first-order valence-electron chi connectivity index (χ1n) is 4.98. The van der Waals surface area contributed by atoms with Gasteiger partial charge in [0, 0.05) is 12.0 Å². The molecular weight excluding hydrogens is 242 g/mol. The van der Waals surface area contributed by atoms with Crippen molar-refractivity contribution < 1.29 is 4.42 Å². The summed E-state index contributed by atoms with van der Waals surface area (Å²) >= 11 is 3.34. The third-order valence-electron chi connectivity index (χ3n) is 3.55. The van der Waals surface area contributed by atoms with Crippen LogP contribution >= 0.6 is 15.9 Å². The lowest BCUT2D eigenvalue weighted by Crippen LogP contribution is -2.54. The Balaban J connectivity index is 2.16. The molecule has 2 unspecified atom stereocenters. The van der Waals surface area contributed by atoms with E-state index in [1.165, 1.54) is 6.42 Å². The Morgan fingerprint density at radius 1 is 1.50 bits per heavy atom. The lowest BCUT2D eigenvalue weighted by molar-refractivity contribution is 0.0603. The minimum atomic E-state index is 0.298. The van der Waals surface area contributed by atoms with E-state index in [0.717, 1.165) is 10.4 Å². The van der Waals surface area contributed by atoms with E-state index < -0.39 is 0 Å². The molecule has 0 bridgehead atoms. The minimum absolute atomic E-state index is 0.298. The maximum Gasteiger partial charge on any atom is 0.169 e. The summed E-state index contributed by atoms with van der Waals surface area (Å²) in [6.45, 7) is 4.58. The first kappa shape index (κ1) is 10.2. The van der Waals surface area contributed by atoms with Crippen molar-refractivity contribution in [2.24, 2.45) is 5.41 Å². The standard InChI is InChI=1S/C11H16BrNO/c1-11(2)7(6-9(11)13-3)8-4-5-10(12)14-8/h4-5,7,9,13H,6H2,1-3H3. The van der Waals surface area contributed by atoms with Crippen molar-refractivity contribution in [3.63, 3.8) is 0 Å². The molecule has 2 nitrogen and oxygen atoms in total. The topological polar surface area (TPSA) is 25.2 Å². The van der Waals surface area contributed by atoms with Gasteiger partial charge >= 0.3 is 0 Å². The Kier molecular flexibility index (Phi) is 2.48. The fraction of sp³-hybridized carbons (Fsp3) is 0.636. The lowest BCUT2D eigenvalue weighted by Gasteiger charge is -2.51. The van der Waals surface area contributed by atoms with Crippen molar-refractivity contribution in [1.82, 2.24) is 5.32 Å². The zero-order valence-corrected chi connectivity index (χ0v) is 10.4. The van der Waals surface area contributed by atoms with Crippen LogP contribution in [0.15, 0.2) is 21.2 Å². The molecule has 0 radical (unpaired) electrons. The number of halogens is 1. The number of hydrogen-bond donors (Lipinski definition) is 1. The highest BCUT2D eigenvalue weighted by atomic mass is 79.9. The largest absolute Gasteiger partial charge is 0.454 e. The van der Waals surface area contributed by atoms with Crippen LogP contribution in [-0.2, 0) is 0 Å². The Morgan fingerprint density at radius 3 is 2.64 bits per heavy atom. The Labute approximate surface area is 93.2 Å². The first-order valence-corrected chi connectivity index (χ1v) is 5.77. The van der Waals surface area contributed by atoms with Gasteiger partial charge in [-0.25, -0.2) is 0 Å². The number of nitrogens with one attached hydrogen (secondary N) is 1. The van der Waals surface area contributed by atoms with Crippen LogP contribution in [0.3, 0.4) is 0 Å². The summed E-state index contributed by atoms with van der Waals surface area (Å²) in [6, 6.07) is 4.65. The van der Waals surface area contributed by atoms with Crippen molar-refractivity contribution >= 4 is 15.9 Å². The van der Waals surface area contributed by atoms with Crippen LogP contribution in [0.5, 0.6) is 0 Å². The highest BCUT2D eigenvalue weighted by Gasteiger charge is 2.49. The summed E-state index contributed by atoms with van der Waals surface area (Å²) in [5.41, 5.74) is 0.298. The van der Waals surface area contributed by atoms with Gasteiger partial charge in [0.15, 0.2) is 4.67 Å². The van der Waals surface area contributed by atoms with Gasteiger partial charge in [-0.05, 0) is 46.9 Å². The predicted octanol–water partition coefficient (Wildman–Crippen LogP) is 3.14. The van der Waals surface area contributed by atoms with Gasteiger partial charge in [-0.2, -0.15) is 0 Å². The molecule has 0 aliphatic heterocycles. The molecule has 1 aromatic heterocycles. The van der Waals surface area contributed by atoms with Crippen molar-refractivity contribution in [2.45, 2.75) is 32.2 Å². The summed E-state index contributed by atoms with van der Waals surface area (Å²) in [5, 5.41) is 3.34. The average molecular weight is 258 g/mol. The van der Waals surface area contributed by atoms with Crippen LogP contribution in [-0.4, -0.2) is 13.1 Å². The molecule has 1 aliphatic carbocycles. The molecule has 3 heteroatoms. The summed E-state index contributed by atoms with van der Waals surface area (Å²) in [7, 11) is 2.03. The van der Waals surface area contributed by atoms with E-state index in [-0.39, 0.29) is 0 Å². The second-order valence-corrected chi connectivity index (χ2v) is 5.37. The Hall–Kier alpha value is -0.280. The van der Waals surface area contributed by atoms with Crippen molar-refractivity contribution in [3.8, 4) is 0 Å². The molecule has 0 saturated heterocycles. The van der Waals surface area contributed by atoms with Gasteiger partial charge in [0.2, 0.25) is 0 Å². The van der Waals surface area contributed by atoms with Crippen LogP contribution in [0.4, 0.5) is 0 Å². The van der Waals surface area contributed by atoms with E-state index in [2.05, 4.69) is 41.2 Å². The zero-order chi connectivity index (χ0) is 10.3. The van der Waals surface area contributed by atoms with Gasteiger partial charge in [-0.3, -0.25) is 0 Å². The second-order valence-electron chi connectivity index (χ2n) is 4.59. The van der Waals surface area contributed by atoms with Gasteiger partial charge in [0.05, 0.1) is 0 Å². The molecular formula is C11H16BrNO. The third kappa shape index (κ3) is 1.43. The van der Waals surface area contributed by atoms with Gasteiger partial charge in [0.1, 0.15) is 5.76 Å². The van der Waals surface area contributed by atoms with E-state index >= 15 is 0 Å². The molecule has 14 heavy (non-hydrogen) atoms. The van der Waals surface area contributed by atoms with Crippen LogP contribution in [0, 0.1) is 5.41 Å². The Morgan fingerprint density at radius 2 is 2.21 bits per heavy atom. The molecule has 1 aromatic rings. The van der Waals surface area contributed by atoms with Crippen LogP contribution in [0.1, 0.15) is 31.9 Å². The third-order valence-corrected chi connectivity index (χ3v) is 3.98. The van der Waals surface area contributed by atoms with Gasteiger partial charge in [0.25, 0.3) is 0 Å². The summed E-state index contributed by atoms with van der Waals surface area (Å²) in [4.78, 5) is 0. The molecule has 1 aliphatic rings. The number of rotatable bonds is 2. The Bertz CT molecular complexity index is 332. The van der Waals surface area contributed by atoms with Crippen LogP contribution in [0.25, 0.3) is 0 Å². The molecule has 0 spiro atoms. The van der Waals surface area contributed by atoms with E-state index in [1.54, 1.807) is 0 Å². The summed E-state index contributed by atoms with van der Waals surface area (Å²) < 4.78 is 6.43. The summed E-state index contributed by atoms with van der Waals surface area (Å²) in [6.07, 6.45) is 1.17. The maximum atomic E-state index is 5.60. The van der Waals surface area contributed by atoms with Crippen LogP contribution in [0.2, 0.25) is 0 Å². The fourth-order valence-electron chi connectivity index (χ4n) is 2.41. The van der Waals surface area contributed by atoms with Crippen molar-refractivity contribution in [2.75, 3.05) is 7.05 Å². The molecule has 78 valence electrons. The van der Waals surface area contributed by atoms with E-state index in [4.69, 9.17) is 4.42 Å². The highest BCUT2D eigenvalue weighted by Crippen LogP contribution is 2.52. The molecule has 0 amide bonds. The van der Waals surface area contributed by atoms with E-state index in [1.807, 2.05) is 13.1 Å². The molecule has 1 heterocycles. The SMILES string of the molecule is CNC1CC(c2ccc(Br)o2)C1(C)C. The smallest absolute Gasteiger partial charge is 0.169 e. The first-order chi connectivity index (χ1) is 6.55. The summed E-state index contributed by atoms with van der Waals surface area (Å²) in [5.74, 6) is 1.65. The van der Waals surface area contributed by atoms with Gasteiger partial charge in [-0.1, -0.05) is 13.8 Å². The normalized spacial score (nSPS) is 30.0. The van der Waals surface area contributed by atoms with Crippen LogP contribution < -0.4 is 5.32 Å². The minimum Gasteiger partial charge on any atom is -0.454 e. The van der Waals surface area contributed by atoms with Crippen molar-refractivity contribution in [1.29, 1.82) is 0 Å². The second kappa shape index (κ2) is 3.38. The number of furan rings is 1. The van der Waals surface area contributed by atoms with E-state index in [0.29, 0.717) is 17.4 Å². The lowest BCUT2D eigenvalue weighted by atomic mass is 9.58. The molecule has 1 fully saturated rings. The average Bonchev–Trinajstić information content (AvgIpc) is 2.51. The van der Waals surface area contributed by atoms with Gasteiger partial charge in [-0.15, -0.1) is 0 Å². The molecule has 1 saturated carbocycles. The van der Waals surface area contributed by atoms with Gasteiger partial charge < -0.3 is 9.73 Å². The number of hydrogen-bond acceptors (Lipinski definition) is 2.